The van der Waals surface area contributed by atoms with Crippen LogP contribution in [-0.4, -0.2) is 58.3 Å². The minimum Gasteiger partial charge on any atom is -0.394 e. The number of amides is 1. The van der Waals surface area contributed by atoms with E-state index < -0.39 is 37.1 Å². The van der Waals surface area contributed by atoms with Crippen LogP contribution in [0.25, 0.3) is 0 Å². The molecule has 1 saturated heterocycles. The van der Waals surface area contributed by atoms with Crippen molar-refractivity contribution in [2.24, 2.45) is 0 Å². The Hall–Kier alpha value is -1.13. The Labute approximate surface area is 93.2 Å². The molecule has 90 valence electrons. The van der Waals surface area contributed by atoms with Crippen LogP contribution < -0.4 is 5.32 Å². The van der Waals surface area contributed by atoms with E-state index in [9.17, 15) is 15.0 Å². The summed E-state index contributed by atoms with van der Waals surface area (Å²) in [5, 5.41) is 30.6. The van der Waals surface area contributed by atoms with Crippen LogP contribution in [0, 0.1) is 12.3 Å². The van der Waals surface area contributed by atoms with Gasteiger partial charge in [0.25, 0.3) is 0 Å². The predicted molar refractivity (Wildman–Crippen MR) is 54.2 cm³/mol. The number of aliphatic hydroxyl groups excluding tert-OH is 3. The molecule has 0 saturated carbocycles. The van der Waals surface area contributed by atoms with Gasteiger partial charge in [-0.15, -0.1) is 6.42 Å². The Morgan fingerprint density at radius 1 is 1.50 bits per heavy atom. The molecule has 0 aromatic carbocycles. The fourth-order valence-corrected chi connectivity index (χ4v) is 1.65. The van der Waals surface area contributed by atoms with Crippen LogP contribution in [-0.2, 0) is 9.53 Å². The number of aliphatic hydroxyl groups is 3. The second kappa shape index (κ2) is 5.27. The topological polar surface area (TPSA) is 99.0 Å². The number of terminal acetylenes is 1. The van der Waals surface area contributed by atoms with E-state index in [1.165, 1.54) is 6.92 Å². The van der Waals surface area contributed by atoms with E-state index in [2.05, 4.69) is 11.2 Å². The van der Waals surface area contributed by atoms with Crippen LogP contribution >= 0.6 is 0 Å². The third-order valence-corrected chi connectivity index (χ3v) is 2.46. The summed E-state index contributed by atoms with van der Waals surface area (Å²) in [4.78, 5) is 10.9. The average Bonchev–Trinajstić information content (AvgIpc) is 2.25. The zero-order valence-electron chi connectivity index (χ0n) is 8.83. The van der Waals surface area contributed by atoms with Crippen molar-refractivity contribution in [1.29, 1.82) is 0 Å². The molecule has 1 aliphatic rings. The van der Waals surface area contributed by atoms with Gasteiger partial charge in [0, 0.05) is 6.92 Å². The van der Waals surface area contributed by atoms with Gasteiger partial charge in [0.15, 0.2) is 0 Å². The molecule has 0 aromatic heterocycles. The number of nitrogens with one attached hydrogen (secondary N) is 1. The molecule has 16 heavy (non-hydrogen) atoms. The maximum atomic E-state index is 10.9. The SMILES string of the molecule is C#C[C@H]1O[C@H](CO)[C@H](O)[C@H](O)[C@H]1NC(C)=O. The molecule has 4 N–H and O–H groups in total. The van der Waals surface area contributed by atoms with Crippen molar-refractivity contribution in [3.8, 4) is 12.3 Å². The summed E-state index contributed by atoms with van der Waals surface area (Å²) in [6.07, 6.45) is 0.821. The zero-order chi connectivity index (χ0) is 12.3. The van der Waals surface area contributed by atoms with Crippen LogP contribution in [0.1, 0.15) is 6.92 Å². The summed E-state index contributed by atoms with van der Waals surface area (Å²) >= 11 is 0. The zero-order valence-corrected chi connectivity index (χ0v) is 8.83. The summed E-state index contributed by atoms with van der Waals surface area (Å²) in [5.41, 5.74) is 0. The van der Waals surface area contributed by atoms with Gasteiger partial charge in [-0.3, -0.25) is 4.79 Å². The maximum Gasteiger partial charge on any atom is 0.217 e. The summed E-state index contributed by atoms with van der Waals surface area (Å²) in [6, 6.07) is -0.875. The Morgan fingerprint density at radius 3 is 2.56 bits per heavy atom. The molecule has 1 rings (SSSR count). The lowest BCUT2D eigenvalue weighted by atomic mass is 9.93. The van der Waals surface area contributed by atoms with E-state index in [1.807, 2.05) is 0 Å². The molecule has 1 heterocycles. The van der Waals surface area contributed by atoms with Crippen LogP contribution in [0.2, 0.25) is 0 Å². The monoisotopic (exact) mass is 229 g/mol. The summed E-state index contributed by atoms with van der Waals surface area (Å²) in [7, 11) is 0. The third kappa shape index (κ3) is 2.51. The van der Waals surface area contributed by atoms with Crippen LogP contribution in [0.15, 0.2) is 0 Å². The molecule has 6 heteroatoms. The second-order valence-corrected chi connectivity index (χ2v) is 3.65. The van der Waals surface area contributed by atoms with E-state index >= 15 is 0 Å². The van der Waals surface area contributed by atoms with Crippen LogP contribution in [0.5, 0.6) is 0 Å². The molecule has 0 aromatic rings. The molecule has 0 aliphatic carbocycles. The van der Waals surface area contributed by atoms with E-state index in [4.69, 9.17) is 16.3 Å². The highest BCUT2D eigenvalue weighted by Crippen LogP contribution is 2.20. The van der Waals surface area contributed by atoms with Crippen molar-refractivity contribution in [2.45, 2.75) is 37.4 Å². The first-order chi connectivity index (χ1) is 7.51. The van der Waals surface area contributed by atoms with E-state index in [1.54, 1.807) is 0 Å². The molecular weight excluding hydrogens is 214 g/mol. The van der Waals surface area contributed by atoms with Crippen molar-refractivity contribution in [3.05, 3.63) is 0 Å². The van der Waals surface area contributed by atoms with Crippen molar-refractivity contribution in [1.82, 2.24) is 5.32 Å². The van der Waals surface area contributed by atoms with Crippen molar-refractivity contribution in [2.75, 3.05) is 6.61 Å². The third-order valence-electron chi connectivity index (χ3n) is 2.46. The number of hydrogen-bond acceptors (Lipinski definition) is 5. The minimum absolute atomic E-state index is 0.387. The fraction of sp³-hybridized carbons (Fsp3) is 0.700. The summed E-state index contributed by atoms with van der Waals surface area (Å²) < 4.78 is 5.17. The highest BCUT2D eigenvalue weighted by molar-refractivity contribution is 5.73. The number of hydrogen-bond donors (Lipinski definition) is 4. The molecule has 1 fully saturated rings. The normalized spacial score (nSPS) is 38.8. The van der Waals surface area contributed by atoms with Gasteiger partial charge in [0.2, 0.25) is 5.91 Å². The average molecular weight is 229 g/mol. The lowest BCUT2D eigenvalue weighted by Gasteiger charge is -2.40. The van der Waals surface area contributed by atoms with Gasteiger partial charge >= 0.3 is 0 Å². The van der Waals surface area contributed by atoms with Crippen molar-refractivity contribution in [3.63, 3.8) is 0 Å². The maximum absolute atomic E-state index is 10.9. The fourth-order valence-electron chi connectivity index (χ4n) is 1.65. The molecule has 0 bridgehead atoms. The van der Waals surface area contributed by atoms with Crippen molar-refractivity contribution < 1.29 is 24.9 Å². The molecule has 6 nitrogen and oxygen atoms in total. The first-order valence-corrected chi connectivity index (χ1v) is 4.87. The molecule has 0 radical (unpaired) electrons. The molecule has 1 amide bonds. The van der Waals surface area contributed by atoms with Crippen LogP contribution in [0.3, 0.4) is 0 Å². The Morgan fingerprint density at radius 2 is 2.12 bits per heavy atom. The van der Waals surface area contributed by atoms with Gasteiger partial charge in [-0.05, 0) is 0 Å². The quantitative estimate of drug-likeness (QED) is 0.396. The summed E-state index contributed by atoms with van der Waals surface area (Å²) in [5.74, 6) is 1.87. The van der Waals surface area contributed by atoms with Gasteiger partial charge in [0.1, 0.15) is 24.4 Å². The second-order valence-electron chi connectivity index (χ2n) is 3.65. The smallest absolute Gasteiger partial charge is 0.217 e. The van der Waals surface area contributed by atoms with Gasteiger partial charge < -0.3 is 25.4 Å². The largest absolute Gasteiger partial charge is 0.394 e. The Balaban J connectivity index is 2.82. The lowest BCUT2D eigenvalue weighted by molar-refractivity contribution is -0.181. The molecule has 5 atom stereocenters. The highest BCUT2D eigenvalue weighted by atomic mass is 16.5. The minimum atomic E-state index is -1.29. The van der Waals surface area contributed by atoms with E-state index in [-0.39, 0.29) is 5.91 Å². The van der Waals surface area contributed by atoms with Gasteiger partial charge in [-0.2, -0.15) is 0 Å². The van der Waals surface area contributed by atoms with Gasteiger partial charge in [-0.1, -0.05) is 5.92 Å². The van der Waals surface area contributed by atoms with Gasteiger partial charge in [-0.25, -0.2) is 0 Å². The standard InChI is InChI=1S/C10H15NO5/c1-3-6-8(11-5(2)13)10(15)9(14)7(4-12)16-6/h1,6-10,12,14-15H,4H2,2H3,(H,11,13)/t6-,7-,8+,9+,10-/m1/s1. The number of carbonyl (C=O) groups excluding carboxylic acids is 1. The van der Waals surface area contributed by atoms with E-state index in [0.717, 1.165) is 0 Å². The summed E-state index contributed by atoms with van der Waals surface area (Å²) in [6.45, 7) is 0.813. The Bertz CT molecular complexity index is 300. The lowest BCUT2D eigenvalue weighted by Crippen LogP contribution is -2.63. The molecular formula is C10H15NO5. The first kappa shape index (κ1) is 12.9. The molecule has 0 unspecified atom stereocenters. The van der Waals surface area contributed by atoms with Crippen LogP contribution in [0.4, 0.5) is 0 Å². The van der Waals surface area contributed by atoms with Gasteiger partial charge in [0.05, 0.1) is 12.6 Å². The van der Waals surface area contributed by atoms with Crippen molar-refractivity contribution >= 4 is 5.91 Å². The number of ether oxygens (including phenoxy) is 1. The molecule has 0 spiro atoms. The predicted octanol–water partition coefficient (Wildman–Crippen LogP) is -2.39. The Kier molecular flexibility index (Phi) is 4.26. The molecule has 1 aliphatic heterocycles. The number of rotatable bonds is 2. The first-order valence-electron chi connectivity index (χ1n) is 4.87. The highest BCUT2D eigenvalue weighted by Gasteiger charge is 2.43. The number of carbonyl (C=O) groups is 1. The van der Waals surface area contributed by atoms with E-state index in [0.29, 0.717) is 0 Å².